The summed E-state index contributed by atoms with van der Waals surface area (Å²) in [4.78, 5) is 27.3. The first-order valence-electron chi connectivity index (χ1n) is 11.1. The van der Waals surface area contributed by atoms with Gasteiger partial charge in [-0.3, -0.25) is 9.59 Å². The van der Waals surface area contributed by atoms with E-state index in [1.54, 1.807) is 0 Å². The fraction of sp³-hybridized carbons (Fsp3) is 0.667. The molecule has 1 saturated carbocycles. The van der Waals surface area contributed by atoms with Gasteiger partial charge in [-0.2, -0.15) is 0 Å². The van der Waals surface area contributed by atoms with Gasteiger partial charge >= 0.3 is 0 Å². The topological polar surface area (TPSA) is 58.6 Å². The average molecular weight is 401 g/mol. The van der Waals surface area contributed by atoms with E-state index in [-0.39, 0.29) is 11.8 Å². The Bertz CT molecular complexity index is 736. The van der Waals surface area contributed by atoms with E-state index in [1.165, 1.54) is 25.7 Å². The Balaban J connectivity index is 1.71. The maximum Gasteiger partial charge on any atom is 0.236 e. The zero-order valence-electron chi connectivity index (χ0n) is 18.4. The lowest BCUT2D eigenvalue weighted by Crippen LogP contribution is -2.42. The number of carbonyl (C=O) groups is 2. The summed E-state index contributed by atoms with van der Waals surface area (Å²) in [6.07, 6.45) is 7.59. The summed E-state index contributed by atoms with van der Waals surface area (Å²) in [5.74, 6) is 2.03. The molecule has 0 spiro atoms. The molecule has 0 radical (unpaired) electrons. The van der Waals surface area contributed by atoms with Crippen LogP contribution < -0.4 is 15.0 Å². The Hall–Kier alpha value is -2.04. The van der Waals surface area contributed by atoms with Crippen molar-refractivity contribution in [3.63, 3.8) is 0 Å². The van der Waals surface area contributed by atoms with Gasteiger partial charge in [0, 0.05) is 24.7 Å². The Labute approximate surface area is 175 Å². The first-order chi connectivity index (χ1) is 13.8. The van der Waals surface area contributed by atoms with Crippen molar-refractivity contribution in [2.45, 2.75) is 72.6 Å². The lowest BCUT2D eigenvalue weighted by molar-refractivity contribution is -0.127. The van der Waals surface area contributed by atoms with Crippen LogP contribution in [-0.4, -0.2) is 25.0 Å². The van der Waals surface area contributed by atoms with Gasteiger partial charge in [0.1, 0.15) is 12.4 Å². The van der Waals surface area contributed by atoms with Gasteiger partial charge in [-0.15, -0.1) is 0 Å². The quantitative estimate of drug-likeness (QED) is 0.667. The minimum atomic E-state index is -0.583. The third-order valence-corrected chi connectivity index (χ3v) is 6.13. The van der Waals surface area contributed by atoms with Crippen LogP contribution in [-0.2, 0) is 9.59 Å². The van der Waals surface area contributed by atoms with Crippen molar-refractivity contribution in [2.24, 2.45) is 17.3 Å². The Morgan fingerprint density at radius 1 is 1.28 bits per heavy atom. The molecule has 1 heterocycles. The predicted octanol–water partition coefficient (Wildman–Crippen LogP) is 5.39. The molecule has 5 nitrogen and oxygen atoms in total. The van der Waals surface area contributed by atoms with Crippen LogP contribution in [0.4, 0.5) is 11.4 Å². The van der Waals surface area contributed by atoms with E-state index >= 15 is 0 Å². The van der Waals surface area contributed by atoms with Gasteiger partial charge in [0.25, 0.3) is 0 Å². The Morgan fingerprint density at radius 3 is 2.69 bits per heavy atom. The summed E-state index contributed by atoms with van der Waals surface area (Å²) in [6.45, 7) is 9.17. The smallest absolute Gasteiger partial charge is 0.236 e. The number of hydrogen-bond acceptors (Lipinski definition) is 3. The molecule has 29 heavy (non-hydrogen) atoms. The van der Waals surface area contributed by atoms with Crippen molar-refractivity contribution in [3.8, 4) is 5.75 Å². The number of rotatable bonds is 7. The highest BCUT2D eigenvalue weighted by Gasteiger charge is 2.37. The molecule has 1 aromatic carbocycles. The lowest BCUT2D eigenvalue weighted by atomic mass is 9.92. The van der Waals surface area contributed by atoms with Crippen LogP contribution in [0.1, 0.15) is 72.6 Å². The van der Waals surface area contributed by atoms with Crippen LogP contribution in [0.15, 0.2) is 18.2 Å². The highest BCUT2D eigenvalue weighted by Crippen LogP contribution is 2.38. The van der Waals surface area contributed by atoms with Gasteiger partial charge in [0.2, 0.25) is 11.8 Å². The summed E-state index contributed by atoms with van der Waals surface area (Å²) < 4.78 is 6.02. The van der Waals surface area contributed by atoms with Crippen LogP contribution in [0.3, 0.4) is 0 Å². The van der Waals surface area contributed by atoms with E-state index in [9.17, 15) is 9.59 Å². The second kappa shape index (κ2) is 9.19. The predicted molar refractivity (Wildman–Crippen MR) is 117 cm³/mol. The molecular formula is C24H36N2O3. The summed E-state index contributed by atoms with van der Waals surface area (Å²) in [6, 6.07) is 5.64. The second-order valence-corrected chi connectivity index (χ2v) is 9.73. The Kier molecular flexibility index (Phi) is 6.86. The van der Waals surface area contributed by atoms with Gasteiger partial charge < -0.3 is 15.0 Å². The number of anilines is 2. The number of nitrogens with one attached hydrogen (secondary N) is 1. The molecule has 2 amide bonds. The molecule has 3 rings (SSSR count). The Morgan fingerprint density at radius 2 is 2.00 bits per heavy atom. The molecule has 0 aromatic heterocycles. The van der Waals surface area contributed by atoms with Gasteiger partial charge in [-0.05, 0) is 50.7 Å². The van der Waals surface area contributed by atoms with E-state index < -0.39 is 5.41 Å². The fourth-order valence-electron chi connectivity index (χ4n) is 4.19. The molecule has 160 valence electrons. The molecule has 2 aliphatic rings. The first-order valence-corrected chi connectivity index (χ1v) is 11.1. The van der Waals surface area contributed by atoms with Gasteiger partial charge in [0.05, 0.1) is 11.1 Å². The van der Waals surface area contributed by atoms with Crippen molar-refractivity contribution in [3.05, 3.63) is 18.2 Å². The molecule has 5 heteroatoms. The van der Waals surface area contributed by atoms with Crippen molar-refractivity contribution < 1.29 is 14.3 Å². The molecule has 1 fully saturated rings. The molecule has 1 aromatic rings. The molecule has 0 saturated heterocycles. The molecular weight excluding hydrogens is 364 g/mol. The number of ether oxygens (including phenoxy) is 1. The number of fused-ring (bicyclic) bond motifs is 1. The summed E-state index contributed by atoms with van der Waals surface area (Å²) >= 11 is 0. The third kappa shape index (κ3) is 5.52. The van der Waals surface area contributed by atoms with Gasteiger partial charge in [-0.25, -0.2) is 0 Å². The van der Waals surface area contributed by atoms with E-state index in [1.807, 2.05) is 36.9 Å². The monoisotopic (exact) mass is 400 g/mol. The average Bonchev–Trinajstić information content (AvgIpc) is 3.16. The van der Waals surface area contributed by atoms with E-state index in [4.69, 9.17) is 4.74 Å². The highest BCUT2D eigenvalue weighted by molar-refractivity contribution is 6.00. The minimum Gasteiger partial charge on any atom is -0.490 e. The van der Waals surface area contributed by atoms with Crippen LogP contribution in [0.2, 0.25) is 0 Å². The SMILES string of the molecule is CC(C)CCN1C(=O)C(C)(C)COc2cc(NC(=O)CCC3CCCC3)ccc21. The van der Waals surface area contributed by atoms with Crippen LogP contribution >= 0.6 is 0 Å². The lowest BCUT2D eigenvalue weighted by Gasteiger charge is -2.28. The van der Waals surface area contributed by atoms with Crippen molar-refractivity contribution >= 4 is 23.2 Å². The van der Waals surface area contributed by atoms with Crippen molar-refractivity contribution in [1.82, 2.24) is 0 Å². The number of hydrogen-bond donors (Lipinski definition) is 1. The zero-order valence-corrected chi connectivity index (χ0v) is 18.4. The number of amides is 2. The van der Waals surface area contributed by atoms with Crippen LogP contribution in [0.5, 0.6) is 5.75 Å². The standard InChI is InChI=1S/C24H36N2O3/c1-17(2)13-14-26-20-11-10-19(15-21(20)29-16-24(3,4)23(26)28)25-22(27)12-9-18-7-5-6-8-18/h10-11,15,17-18H,5-9,12-14,16H2,1-4H3,(H,25,27). The van der Waals surface area contributed by atoms with Crippen molar-refractivity contribution in [2.75, 3.05) is 23.4 Å². The summed E-state index contributed by atoms with van der Waals surface area (Å²) in [5, 5.41) is 3.01. The van der Waals surface area contributed by atoms with Gasteiger partial charge in [0.15, 0.2) is 0 Å². The molecule has 1 aliphatic carbocycles. The van der Waals surface area contributed by atoms with E-state index in [0.717, 1.165) is 24.2 Å². The summed E-state index contributed by atoms with van der Waals surface area (Å²) in [7, 11) is 0. The number of nitrogens with zero attached hydrogens (tertiary/aromatic N) is 1. The van der Waals surface area contributed by atoms with Gasteiger partial charge in [-0.1, -0.05) is 39.5 Å². The maximum atomic E-state index is 13.1. The molecule has 1 N–H and O–H groups in total. The summed E-state index contributed by atoms with van der Waals surface area (Å²) in [5.41, 5.74) is 0.946. The van der Waals surface area contributed by atoms with Crippen molar-refractivity contribution in [1.29, 1.82) is 0 Å². The molecule has 0 unspecified atom stereocenters. The highest BCUT2D eigenvalue weighted by atomic mass is 16.5. The molecule has 0 atom stereocenters. The van der Waals surface area contributed by atoms with Crippen LogP contribution in [0, 0.1) is 17.3 Å². The minimum absolute atomic E-state index is 0.0542. The fourth-order valence-corrected chi connectivity index (χ4v) is 4.19. The number of carbonyl (C=O) groups excluding carboxylic acids is 2. The van der Waals surface area contributed by atoms with E-state index in [0.29, 0.717) is 37.2 Å². The zero-order chi connectivity index (χ0) is 21.0. The first kappa shape index (κ1) is 21.7. The van der Waals surface area contributed by atoms with Crippen LogP contribution in [0.25, 0.3) is 0 Å². The maximum absolute atomic E-state index is 13.1. The molecule has 0 bridgehead atoms. The molecule has 1 aliphatic heterocycles. The number of benzene rings is 1. The second-order valence-electron chi connectivity index (χ2n) is 9.73. The largest absolute Gasteiger partial charge is 0.490 e. The normalized spacial score (nSPS) is 19.1. The van der Waals surface area contributed by atoms with E-state index in [2.05, 4.69) is 19.2 Å². The third-order valence-electron chi connectivity index (χ3n) is 6.13.